The van der Waals surface area contributed by atoms with Gasteiger partial charge < -0.3 is 10.4 Å². The highest BCUT2D eigenvalue weighted by Crippen LogP contribution is 2.34. The lowest BCUT2D eigenvalue weighted by Gasteiger charge is -2.13. The van der Waals surface area contributed by atoms with E-state index in [-0.39, 0.29) is 17.3 Å². The van der Waals surface area contributed by atoms with Crippen LogP contribution in [0.15, 0.2) is 18.5 Å². The molecule has 3 rings (SSSR count). The van der Waals surface area contributed by atoms with Gasteiger partial charge in [-0.3, -0.25) is 9.78 Å². The molecule has 7 heteroatoms. The summed E-state index contributed by atoms with van der Waals surface area (Å²) in [6.07, 6.45) is 6.38. The van der Waals surface area contributed by atoms with Crippen LogP contribution in [0.4, 0.5) is 4.39 Å². The molecular weight excluding hydrogens is 331 g/mol. The molecule has 2 heterocycles. The maximum atomic E-state index is 13.5. The minimum absolute atomic E-state index is 0.273. The summed E-state index contributed by atoms with van der Waals surface area (Å²) in [5, 5.41) is 12.1. The fraction of sp³-hybridized carbons (Fsp3) is 0.353. The number of halogens is 1. The standard InChI is InChI=1S/C17H17FN2O3S/c18-13-9-19-7-5-10(13)6-8-20-16(21)14-11-3-1-2-4-12(11)15(24-14)17(22)23/h5,7,9H,1-4,6,8H2,(H,20,21)(H,22,23). The minimum atomic E-state index is -0.976. The predicted molar refractivity (Wildman–Crippen MR) is 88.2 cm³/mol. The van der Waals surface area contributed by atoms with Crippen LogP contribution in [-0.4, -0.2) is 28.5 Å². The van der Waals surface area contributed by atoms with E-state index in [1.165, 1.54) is 6.20 Å². The highest BCUT2D eigenvalue weighted by atomic mass is 32.1. The Morgan fingerprint density at radius 3 is 2.62 bits per heavy atom. The van der Waals surface area contributed by atoms with Crippen LogP contribution in [0.2, 0.25) is 0 Å². The van der Waals surface area contributed by atoms with Gasteiger partial charge in [-0.15, -0.1) is 11.3 Å². The Balaban J connectivity index is 1.71. The molecule has 1 aliphatic carbocycles. The summed E-state index contributed by atoms with van der Waals surface area (Å²) in [6, 6.07) is 1.58. The van der Waals surface area contributed by atoms with E-state index in [9.17, 15) is 19.1 Å². The van der Waals surface area contributed by atoms with Crippen molar-refractivity contribution in [2.24, 2.45) is 0 Å². The summed E-state index contributed by atoms with van der Waals surface area (Å²) in [4.78, 5) is 28.2. The predicted octanol–water partition coefficient (Wildman–Crippen LogP) is 2.83. The molecule has 1 amide bonds. The first-order valence-corrected chi connectivity index (χ1v) is 8.64. The normalized spacial score (nSPS) is 13.4. The van der Waals surface area contributed by atoms with Gasteiger partial charge in [-0.05, 0) is 54.9 Å². The van der Waals surface area contributed by atoms with Gasteiger partial charge in [0.05, 0.1) is 11.1 Å². The van der Waals surface area contributed by atoms with Crippen molar-refractivity contribution in [1.82, 2.24) is 10.3 Å². The number of aromatic nitrogens is 1. The van der Waals surface area contributed by atoms with Gasteiger partial charge in [0.2, 0.25) is 0 Å². The summed E-state index contributed by atoms with van der Waals surface area (Å²) < 4.78 is 13.5. The molecule has 5 nitrogen and oxygen atoms in total. The number of pyridine rings is 1. The summed E-state index contributed by atoms with van der Waals surface area (Å²) in [5.41, 5.74) is 2.17. The SMILES string of the molecule is O=C(O)c1sc(C(=O)NCCc2ccncc2F)c2c1CCCC2. The summed E-state index contributed by atoms with van der Waals surface area (Å²) in [7, 11) is 0. The summed E-state index contributed by atoms with van der Waals surface area (Å²) >= 11 is 1.05. The zero-order valence-electron chi connectivity index (χ0n) is 13.0. The van der Waals surface area contributed by atoms with Crippen LogP contribution in [0.1, 0.15) is 48.9 Å². The topological polar surface area (TPSA) is 79.3 Å². The zero-order chi connectivity index (χ0) is 17.1. The number of carbonyl (C=O) groups excluding carboxylic acids is 1. The molecule has 2 aromatic rings. The largest absolute Gasteiger partial charge is 0.477 e. The van der Waals surface area contributed by atoms with Crippen molar-refractivity contribution in [2.45, 2.75) is 32.1 Å². The Morgan fingerprint density at radius 2 is 1.96 bits per heavy atom. The van der Waals surface area contributed by atoms with Crippen molar-refractivity contribution in [3.8, 4) is 0 Å². The maximum absolute atomic E-state index is 13.5. The quantitative estimate of drug-likeness (QED) is 0.871. The average Bonchev–Trinajstić information content (AvgIpc) is 2.96. The number of carboxylic acid groups (broad SMARTS) is 1. The molecule has 0 radical (unpaired) electrons. The number of nitrogens with zero attached hydrogens (tertiary/aromatic N) is 1. The molecule has 0 aliphatic heterocycles. The third-order valence-corrected chi connectivity index (χ3v) is 5.42. The lowest BCUT2D eigenvalue weighted by molar-refractivity contribution is 0.0700. The lowest BCUT2D eigenvalue weighted by atomic mass is 9.92. The summed E-state index contributed by atoms with van der Waals surface area (Å²) in [5.74, 6) is -1.65. The average molecular weight is 348 g/mol. The van der Waals surface area contributed by atoms with Crippen molar-refractivity contribution in [3.05, 3.63) is 50.7 Å². The van der Waals surface area contributed by atoms with E-state index in [4.69, 9.17) is 0 Å². The van der Waals surface area contributed by atoms with E-state index < -0.39 is 11.8 Å². The van der Waals surface area contributed by atoms with Crippen LogP contribution < -0.4 is 5.32 Å². The molecule has 0 aromatic carbocycles. The van der Waals surface area contributed by atoms with E-state index in [0.29, 0.717) is 23.3 Å². The number of nitrogens with one attached hydrogen (secondary N) is 1. The van der Waals surface area contributed by atoms with Gasteiger partial charge in [0.15, 0.2) is 0 Å². The van der Waals surface area contributed by atoms with Gasteiger partial charge in [-0.25, -0.2) is 9.18 Å². The van der Waals surface area contributed by atoms with Crippen molar-refractivity contribution in [3.63, 3.8) is 0 Å². The molecule has 126 valence electrons. The number of carbonyl (C=O) groups is 2. The van der Waals surface area contributed by atoms with Gasteiger partial charge in [-0.2, -0.15) is 0 Å². The number of aromatic carboxylic acids is 1. The van der Waals surface area contributed by atoms with Crippen LogP contribution in [0.3, 0.4) is 0 Å². The van der Waals surface area contributed by atoms with Crippen molar-refractivity contribution in [2.75, 3.05) is 6.54 Å². The fourth-order valence-electron chi connectivity index (χ4n) is 2.99. The van der Waals surface area contributed by atoms with Gasteiger partial charge in [-0.1, -0.05) is 0 Å². The fourth-order valence-corrected chi connectivity index (χ4v) is 4.14. The second-order valence-electron chi connectivity index (χ2n) is 5.70. The Morgan fingerprint density at radius 1 is 1.25 bits per heavy atom. The van der Waals surface area contributed by atoms with Crippen molar-refractivity contribution < 1.29 is 19.1 Å². The first kappa shape index (κ1) is 16.6. The molecule has 2 N–H and O–H groups in total. The highest BCUT2D eigenvalue weighted by Gasteiger charge is 2.27. The molecule has 0 bridgehead atoms. The maximum Gasteiger partial charge on any atom is 0.346 e. The van der Waals surface area contributed by atoms with Crippen LogP contribution in [0, 0.1) is 5.82 Å². The third-order valence-electron chi connectivity index (χ3n) is 4.16. The Kier molecular flexibility index (Phi) is 4.89. The zero-order valence-corrected chi connectivity index (χ0v) is 13.8. The van der Waals surface area contributed by atoms with E-state index in [2.05, 4.69) is 10.3 Å². The van der Waals surface area contributed by atoms with Crippen molar-refractivity contribution >= 4 is 23.2 Å². The van der Waals surface area contributed by atoms with E-state index in [1.807, 2.05) is 0 Å². The second-order valence-corrected chi connectivity index (χ2v) is 6.72. The first-order chi connectivity index (χ1) is 11.6. The number of rotatable bonds is 5. The molecule has 0 fully saturated rings. The summed E-state index contributed by atoms with van der Waals surface area (Å²) in [6.45, 7) is 0.287. The Hall–Kier alpha value is -2.28. The van der Waals surface area contributed by atoms with Gasteiger partial charge in [0.1, 0.15) is 10.7 Å². The van der Waals surface area contributed by atoms with Gasteiger partial charge >= 0.3 is 5.97 Å². The number of hydrogen-bond donors (Lipinski definition) is 2. The molecule has 2 aromatic heterocycles. The second kappa shape index (κ2) is 7.09. The van der Waals surface area contributed by atoms with Crippen LogP contribution >= 0.6 is 11.3 Å². The number of amides is 1. The number of thiophene rings is 1. The molecule has 0 atom stereocenters. The van der Waals surface area contributed by atoms with Crippen LogP contribution in [0.25, 0.3) is 0 Å². The van der Waals surface area contributed by atoms with E-state index in [0.717, 1.165) is 47.9 Å². The van der Waals surface area contributed by atoms with Crippen LogP contribution in [0.5, 0.6) is 0 Å². The van der Waals surface area contributed by atoms with E-state index in [1.54, 1.807) is 6.07 Å². The van der Waals surface area contributed by atoms with Gasteiger partial charge in [0.25, 0.3) is 5.91 Å². The number of hydrogen-bond acceptors (Lipinski definition) is 4. The molecule has 0 saturated heterocycles. The number of carboxylic acids is 1. The monoisotopic (exact) mass is 348 g/mol. The van der Waals surface area contributed by atoms with Gasteiger partial charge in [0, 0.05) is 12.7 Å². The lowest BCUT2D eigenvalue weighted by Crippen LogP contribution is -2.26. The Bertz CT molecular complexity index is 788. The molecular formula is C17H17FN2O3S. The molecule has 0 saturated carbocycles. The highest BCUT2D eigenvalue weighted by molar-refractivity contribution is 7.16. The molecule has 0 unspecified atom stereocenters. The smallest absolute Gasteiger partial charge is 0.346 e. The third kappa shape index (κ3) is 3.31. The number of fused-ring (bicyclic) bond motifs is 1. The molecule has 1 aliphatic rings. The Labute approximate surface area is 142 Å². The van der Waals surface area contributed by atoms with Crippen LogP contribution in [-0.2, 0) is 19.3 Å². The minimum Gasteiger partial charge on any atom is -0.477 e. The molecule has 0 spiro atoms. The van der Waals surface area contributed by atoms with Crippen molar-refractivity contribution in [1.29, 1.82) is 0 Å². The molecule has 24 heavy (non-hydrogen) atoms. The first-order valence-electron chi connectivity index (χ1n) is 7.82. The van der Waals surface area contributed by atoms with E-state index >= 15 is 0 Å².